The van der Waals surface area contributed by atoms with E-state index in [0.717, 1.165) is 25.2 Å². The van der Waals surface area contributed by atoms with Crippen LogP contribution in [0.2, 0.25) is 0 Å². The van der Waals surface area contributed by atoms with Crippen molar-refractivity contribution in [2.24, 2.45) is 11.8 Å². The van der Waals surface area contributed by atoms with Crippen molar-refractivity contribution in [3.8, 4) is 5.75 Å². The van der Waals surface area contributed by atoms with Gasteiger partial charge in [0.05, 0.1) is 6.61 Å². The largest absolute Gasteiger partial charge is 0.494 e. The Kier molecular flexibility index (Phi) is 6.76. The molecule has 3 heteroatoms. The van der Waals surface area contributed by atoms with Crippen molar-refractivity contribution in [2.75, 3.05) is 6.61 Å². The van der Waals surface area contributed by atoms with E-state index in [2.05, 4.69) is 38.3 Å². The molecule has 0 amide bonds. The Morgan fingerprint density at radius 3 is 2.33 bits per heavy atom. The lowest BCUT2D eigenvalue weighted by Gasteiger charge is -2.18. The number of hydrogen-bond donors (Lipinski definition) is 2. The molecule has 0 radical (unpaired) electrons. The summed E-state index contributed by atoms with van der Waals surface area (Å²) in [6.45, 7) is 7.34. The maximum atomic E-state index is 5.63. The van der Waals surface area contributed by atoms with Crippen LogP contribution in [-0.2, 0) is 0 Å². The highest BCUT2D eigenvalue weighted by Gasteiger charge is 2.10. The molecule has 18 heavy (non-hydrogen) atoms. The van der Waals surface area contributed by atoms with Crippen LogP contribution in [0, 0.1) is 5.92 Å². The third kappa shape index (κ3) is 5.07. The van der Waals surface area contributed by atoms with Crippen molar-refractivity contribution in [2.45, 2.75) is 46.1 Å². The number of ether oxygens (including phenoxy) is 1. The summed E-state index contributed by atoms with van der Waals surface area (Å²) in [4.78, 5) is 0. The van der Waals surface area contributed by atoms with Crippen LogP contribution in [0.1, 0.15) is 51.6 Å². The summed E-state index contributed by atoms with van der Waals surface area (Å²) in [5.74, 6) is 7.26. The highest BCUT2D eigenvalue weighted by Crippen LogP contribution is 2.22. The normalized spacial score (nSPS) is 12.7. The number of nitrogens with two attached hydrogens (primary N) is 1. The van der Waals surface area contributed by atoms with Crippen LogP contribution in [0.5, 0.6) is 5.75 Å². The van der Waals surface area contributed by atoms with Gasteiger partial charge in [-0.15, -0.1) is 0 Å². The Labute approximate surface area is 111 Å². The standard InChI is InChI=1S/C15H26N2O/c1-4-11-18-14-8-6-13(7-9-14)15(17-16)10-5-12(2)3/h6-9,12,15,17H,4-5,10-11,16H2,1-3H3. The van der Waals surface area contributed by atoms with E-state index in [1.54, 1.807) is 0 Å². The van der Waals surface area contributed by atoms with E-state index in [0.29, 0.717) is 5.92 Å². The van der Waals surface area contributed by atoms with E-state index in [1.165, 1.54) is 12.0 Å². The van der Waals surface area contributed by atoms with E-state index in [-0.39, 0.29) is 6.04 Å². The molecule has 0 fully saturated rings. The third-order valence-corrected chi connectivity index (χ3v) is 2.99. The summed E-state index contributed by atoms with van der Waals surface area (Å²) in [6, 6.07) is 8.45. The second-order valence-electron chi connectivity index (χ2n) is 5.11. The molecule has 1 atom stereocenters. The van der Waals surface area contributed by atoms with Crippen LogP contribution in [0.3, 0.4) is 0 Å². The van der Waals surface area contributed by atoms with Crippen LogP contribution in [0.4, 0.5) is 0 Å². The minimum absolute atomic E-state index is 0.229. The average Bonchev–Trinajstić information content (AvgIpc) is 2.38. The van der Waals surface area contributed by atoms with Crippen LogP contribution in [0.15, 0.2) is 24.3 Å². The molecule has 0 spiro atoms. The van der Waals surface area contributed by atoms with Gasteiger partial charge in [0.1, 0.15) is 5.75 Å². The van der Waals surface area contributed by atoms with Gasteiger partial charge in [0.25, 0.3) is 0 Å². The molecular weight excluding hydrogens is 224 g/mol. The van der Waals surface area contributed by atoms with E-state index in [1.807, 2.05) is 12.1 Å². The summed E-state index contributed by atoms with van der Waals surface area (Å²) in [6.07, 6.45) is 3.26. The second-order valence-corrected chi connectivity index (χ2v) is 5.11. The predicted molar refractivity (Wildman–Crippen MR) is 76.4 cm³/mol. The van der Waals surface area contributed by atoms with Crippen LogP contribution in [-0.4, -0.2) is 6.61 Å². The lowest BCUT2D eigenvalue weighted by atomic mass is 9.98. The lowest BCUT2D eigenvalue weighted by molar-refractivity contribution is 0.317. The molecule has 0 bridgehead atoms. The van der Waals surface area contributed by atoms with E-state index < -0.39 is 0 Å². The third-order valence-electron chi connectivity index (χ3n) is 2.99. The van der Waals surface area contributed by atoms with Gasteiger partial charge in [-0.3, -0.25) is 11.3 Å². The molecule has 0 saturated carbocycles. The smallest absolute Gasteiger partial charge is 0.119 e. The number of hydrogen-bond acceptors (Lipinski definition) is 3. The first-order chi connectivity index (χ1) is 8.67. The molecule has 3 N–H and O–H groups in total. The topological polar surface area (TPSA) is 47.3 Å². The van der Waals surface area contributed by atoms with Crippen molar-refractivity contribution in [1.29, 1.82) is 0 Å². The van der Waals surface area contributed by atoms with Crippen molar-refractivity contribution >= 4 is 0 Å². The molecule has 1 aromatic carbocycles. The molecule has 102 valence electrons. The summed E-state index contributed by atoms with van der Waals surface area (Å²) in [5, 5.41) is 0. The number of hydrazine groups is 1. The molecule has 1 aromatic rings. The van der Waals surface area contributed by atoms with Gasteiger partial charge >= 0.3 is 0 Å². The Bertz CT molecular complexity index is 322. The summed E-state index contributed by atoms with van der Waals surface area (Å²) < 4.78 is 5.57. The average molecular weight is 250 g/mol. The minimum Gasteiger partial charge on any atom is -0.494 e. The van der Waals surface area contributed by atoms with E-state index >= 15 is 0 Å². The fraction of sp³-hybridized carbons (Fsp3) is 0.600. The van der Waals surface area contributed by atoms with Gasteiger partial charge in [-0.2, -0.15) is 0 Å². The van der Waals surface area contributed by atoms with Gasteiger partial charge in [-0.25, -0.2) is 0 Å². The lowest BCUT2D eigenvalue weighted by Crippen LogP contribution is -2.28. The maximum Gasteiger partial charge on any atom is 0.119 e. The first-order valence-corrected chi connectivity index (χ1v) is 6.86. The number of nitrogens with one attached hydrogen (secondary N) is 1. The highest BCUT2D eigenvalue weighted by molar-refractivity contribution is 5.29. The van der Waals surface area contributed by atoms with Crippen molar-refractivity contribution < 1.29 is 4.74 Å². The van der Waals surface area contributed by atoms with Crippen LogP contribution in [0.25, 0.3) is 0 Å². The Morgan fingerprint density at radius 2 is 1.83 bits per heavy atom. The van der Waals surface area contributed by atoms with Gasteiger partial charge in [0.2, 0.25) is 0 Å². The molecule has 1 rings (SSSR count). The molecule has 0 aliphatic heterocycles. The van der Waals surface area contributed by atoms with E-state index in [4.69, 9.17) is 10.6 Å². The molecule has 0 aromatic heterocycles. The zero-order valence-electron chi connectivity index (χ0n) is 11.8. The fourth-order valence-corrected chi connectivity index (χ4v) is 1.86. The Balaban J connectivity index is 2.57. The summed E-state index contributed by atoms with van der Waals surface area (Å²) >= 11 is 0. The van der Waals surface area contributed by atoms with E-state index in [9.17, 15) is 0 Å². The fourth-order valence-electron chi connectivity index (χ4n) is 1.86. The molecule has 0 aliphatic rings. The Hall–Kier alpha value is -1.06. The van der Waals surface area contributed by atoms with Gasteiger partial charge in [0.15, 0.2) is 0 Å². The number of benzene rings is 1. The van der Waals surface area contributed by atoms with Crippen LogP contribution < -0.4 is 16.0 Å². The highest BCUT2D eigenvalue weighted by atomic mass is 16.5. The first-order valence-electron chi connectivity index (χ1n) is 6.86. The zero-order valence-corrected chi connectivity index (χ0v) is 11.8. The quantitative estimate of drug-likeness (QED) is 0.549. The molecule has 0 heterocycles. The predicted octanol–water partition coefficient (Wildman–Crippen LogP) is 3.42. The van der Waals surface area contributed by atoms with Crippen molar-refractivity contribution in [3.05, 3.63) is 29.8 Å². The van der Waals surface area contributed by atoms with Gasteiger partial charge in [-0.05, 0) is 42.9 Å². The SMILES string of the molecule is CCCOc1ccc(C(CCC(C)C)NN)cc1. The monoisotopic (exact) mass is 250 g/mol. The molecule has 0 saturated heterocycles. The van der Waals surface area contributed by atoms with Crippen molar-refractivity contribution in [3.63, 3.8) is 0 Å². The zero-order chi connectivity index (χ0) is 13.4. The second kappa shape index (κ2) is 8.11. The molecular formula is C15H26N2O. The number of rotatable bonds is 8. The molecule has 0 aliphatic carbocycles. The van der Waals surface area contributed by atoms with Gasteiger partial charge in [0, 0.05) is 6.04 Å². The summed E-state index contributed by atoms with van der Waals surface area (Å²) in [5.41, 5.74) is 4.12. The summed E-state index contributed by atoms with van der Waals surface area (Å²) in [7, 11) is 0. The van der Waals surface area contributed by atoms with Gasteiger partial charge < -0.3 is 4.74 Å². The van der Waals surface area contributed by atoms with Crippen LogP contribution >= 0.6 is 0 Å². The Morgan fingerprint density at radius 1 is 1.17 bits per heavy atom. The minimum atomic E-state index is 0.229. The molecule has 1 unspecified atom stereocenters. The maximum absolute atomic E-state index is 5.63. The first kappa shape index (κ1) is 15.0. The van der Waals surface area contributed by atoms with Crippen molar-refractivity contribution in [1.82, 2.24) is 5.43 Å². The van der Waals surface area contributed by atoms with Gasteiger partial charge in [-0.1, -0.05) is 32.9 Å². The molecule has 3 nitrogen and oxygen atoms in total.